The molecular weight excluding hydrogens is 466 g/mol. The third-order valence-electron chi connectivity index (χ3n) is 4.77. The van der Waals surface area contributed by atoms with Crippen molar-refractivity contribution in [2.24, 2.45) is 5.10 Å². The van der Waals surface area contributed by atoms with E-state index in [2.05, 4.69) is 20.7 Å². The second-order valence-electron chi connectivity index (χ2n) is 7.36. The Balaban J connectivity index is 1.45. The number of thioether (sulfide) groups is 1. The van der Waals surface area contributed by atoms with Crippen molar-refractivity contribution >= 4 is 41.6 Å². The third kappa shape index (κ3) is 6.21. The van der Waals surface area contributed by atoms with Crippen LogP contribution in [0.25, 0.3) is 23.2 Å². The highest BCUT2D eigenvalue weighted by Crippen LogP contribution is 2.28. The Morgan fingerprint density at radius 1 is 1.00 bits per heavy atom. The average molecular weight is 488 g/mol. The molecule has 0 aliphatic rings. The van der Waals surface area contributed by atoms with Gasteiger partial charge in [-0.3, -0.25) is 9.36 Å². The molecule has 0 unspecified atom stereocenters. The summed E-state index contributed by atoms with van der Waals surface area (Å²) in [5, 5.41) is 13.7. The van der Waals surface area contributed by atoms with Crippen LogP contribution in [0.1, 0.15) is 11.1 Å². The number of hydrazone groups is 1. The minimum absolute atomic E-state index is 0.121. The molecule has 0 bridgehead atoms. The molecule has 3 aromatic carbocycles. The number of nitrogens with zero attached hydrogens (tertiary/aromatic N) is 4. The Labute approximate surface area is 207 Å². The zero-order valence-electron chi connectivity index (χ0n) is 18.4. The highest BCUT2D eigenvalue weighted by atomic mass is 35.5. The maximum absolute atomic E-state index is 12.4. The van der Waals surface area contributed by atoms with Gasteiger partial charge < -0.3 is 0 Å². The smallest absolute Gasteiger partial charge is 0.250 e. The third-order valence-corrected chi connectivity index (χ3v) is 5.91. The molecule has 0 fully saturated rings. The summed E-state index contributed by atoms with van der Waals surface area (Å²) in [7, 11) is 0. The van der Waals surface area contributed by atoms with Crippen LogP contribution in [-0.4, -0.2) is 32.6 Å². The highest BCUT2D eigenvalue weighted by molar-refractivity contribution is 7.99. The van der Waals surface area contributed by atoms with E-state index in [1.54, 1.807) is 6.08 Å². The molecule has 1 N–H and O–H groups in total. The van der Waals surface area contributed by atoms with Crippen molar-refractivity contribution in [1.82, 2.24) is 20.2 Å². The van der Waals surface area contributed by atoms with Gasteiger partial charge in [-0.1, -0.05) is 102 Å². The lowest BCUT2D eigenvalue weighted by molar-refractivity contribution is -0.118. The molecule has 0 aliphatic carbocycles. The molecule has 4 aromatic rings. The first-order valence-corrected chi connectivity index (χ1v) is 11.9. The molecule has 0 atom stereocenters. The second kappa shape index (κ2) is 11.4. The Hall–Kier alpha value is -3.68. The fourth-order valence-electron chi connectivity index (χ4n) is 3.14. The van der Waals surface area contributed by atoms with E-state index in [0.29, 0.717) is 16.0 Å². The molecule has 0 aliphatic heterocycles. The first-order valence-electron chi connectivity index (χ1n) is 10.5. The molecular formula is C26H22ClN5OS. The zero-order chi connectivity index (χ0) is 23.8. The second-order valence-corrected chi connectivity index (χ2v) is 8.74. The molecule has 8 heteroatoms. The van der Waals surface area contributed by atoms with Crippen LogP contribution in [0.3, 0.4) is 0 Å². The standard InChI is InChI=1S/C26H22ClN5OS/c1-19-12-14-23(15-13-19)32-25(21-10-6-3-7-11-21)30-31-26(32)34-18-24(33)29-28-17-22(27)16-20-8-4-2-5-9-20/h2-17H,18H2,1H3,(H,29,33)/b22-16-,28-17-. The van der Waals surface area contributed by atoms with Gasteiger partial charge in [0, 0.05) is 11.3 Å². The van der Waals surface area contributed by atoms with E-state index in [1.165, 1.54) is 18.0 Å². The van der Waals surface area contributed by atoms with Gasteiger partial charge >= 0.3 is 0 Å². The summed E-state index contributed by atoms with van der Waals surface area (Å²) in [4.78, 5) is 12.4. The van der Waals surface area contributed by atoms with Crippen LogP contribution in [0.4, 0.5) is 0 Å². The quantitative estimate of drug-likeness (QED) is 0.196. The fraction of sp³-hybridized carbons (Fsp3) is 0.0769. The Bertz CT molecular complexity index is 1300. The number of nitrogens with one attached hydrogen (secondary N) is 1. The molecule has 0 radical (unpaired) electrons. The number of allylic oxidation sites excluding steroid dienone is 1. The van der Waals surface area contributed by atoms with Crippen LogP contribution in [0.15, 0.2) is 100 Å². The molecule has 6 nitrogen and oxygen atoms in total. The van der Waals surface area contributed by atoms with Gasteiger partial charge in [-0.15, -0.1) is 10.2 Å². The number of aryl methyl sites for hydroxylation is 1. The fourth-order valence-corrected chi connectivity index (χ4v) is 4.06. The van der Waals surface area contributed by atoms with Gasteiger partial charge in [0.25, 0.3) is 5.91 Å². The maximum Gasteiger partial charge on any atom is 0.250 e. The van der Waals surface area contributed by atoms with Crippen molar-refractivity contribution < 1.29 is 4.79 Å². The van der Waals surface area contributed by atoms with E-state index >= 15 is 0 Å². The first-order chi connectivity index (χ1) is 16.6. The van der Waals surface area contributed by atoms with E-state index in [-0.39, 0.29) is 11.7 Å². The Kier molecular flexibility index (Phi) is 7.91. The molecule has 4 rings (SSSR count). The first kappa shape index (κ1) is 23.5. The van der Waals surface area contributed by atoms with Crippen molar-refractivity contribution in [3.05, 3.63) is 101 Å². The van der Waals surface area contributed by atoms with Crippen molar-refractivity contribution in [2.75, 3.05) is 5.75 Å². The number of halogens is 1. The summed E-state index contributed by atoms with van der Waals surface area (Å²) >= 11 is 7.45. The normalized spacial score (nSPS) is 11.6. The molecule has 1 amide bonds. The van der Waals surface area contributed by atoms with Crippen molar-refractivity contribution in [1.29, 1.82) is 0 Å². The van der Waals surface area contributed by atoms with E-state index in [4.69, 9.17) is 11.6 Å². The Morgan fingerprint density at radius 3 is 2.38 bits per heavy atom. The Morgan fingerprint density at radius 2 is 1.68 bits per heavy atom. The predicted molar refractivity (Wildman–Crippen MR) is 139 cm³/mol. The van der Waals surface area contributed by atoms with Crippen LogP contribution in [-0.2, 0) is 4.79 Å². The van der Waals surface area contributed by atoms with Crippen LogP contribution >= 0.6 is 23.4 Å². The summed E-state index contributed by atoms with van der Waals surface area (Å²) in [6, 6.07) is 27.6. The van der Waals surface area contributed by atoms with E-state index < -0.39 is 0 Å². The minimum atomic E-state index is -0.273. The minimum Gasteiger partial charge on any atom is -0.272 e. The number of carbonyl (C=O) groups is 1. The molecule has 0 saturated heterocycles. The van der Waals surface area contributed by atoms with E-state index in [0.717, 1.165) is 22.4 Å². The van der Waals surface area contributed by atoms with Gasteiger partial charge in [0.05, 0.1) is 17.0 Å². The van der Waals surface area contributed by atoms with E-state index in [1.807, 2.05) is 96.4 Å². The maximum atomic E-state index is 12.4. The largest absolute Gasteiger partial charge is 0.272 e. The molecule has 170 valence electrons. The summed E-state index contributed by atoms with van der Waals surface area (Å²) in [5.41, 5.74) is 6.47. The summed E-state index contributed by atoms with van der Waals surface area (Å²) in [6.45, 7) is 2.04. The molecule has 1 aromatic heterocycles. The number of hydrogen-bond donors (Lipinski definition) is 1. The predicted octanol–water partition coefficient (Wildman–Crippen LogP) is 5.72. The van der Waals surface area contributed by atoms with Gasteiger partial charge in [-0.2, -0.15) is 5.10 Å². The van der Waals surface area contributed by atoms with Gasteiger partial charge in [-0.25, -0.2) is 5.43 Å². The van der Waals surface area contributed by atoms with Crippen molar-refractivity contribution in [3.8, 4) is 17.1 Å². The molecule has 34 heavy (non-hydrogen) atoms. The number of hydrogen-bond acceptors (Lipinski definition) is 5. The van der Waals surface area contributed by atoms with Gasteiger partial charge in [0.2, 0.25) is 0 Å². The van der Waals surface area contributed by atoms with Gasteiger partial charge in [0.1, 0.15) is 0 Å². The number of benzene rings is 3. The lowest BCUT2D eigenvalue weighted by atomic mass is 10.2. The van der Waals surface area contributed by atoms with Gasteiger partial charge in [-0.05, 0) is 30.7 Å². The van der Waals surface area contributed by atoms with Crippen molar-refractivity contribution in [3.63, 3.8) is 0 Å². The summed E-state index contributed by atoms with van der Waals surface area (Å²) in [5.74, 6) is 0.559. The highest BCUT2D eigenvalue weighted by Gasteiger charge is 2.17. The topological polar surface area (TPSA) is 72.2 Å². The van der Waals surface area contributed by atoms with Crippen LogP contribution < -0.4 is 5.43 Å². The average Bonchev–Trinajstić information content (AvgIpc) is 3.28. The summed E-state index contributed by atoms with van der Waals surface area (Å²) < 4.78 is 1.95. The monoisotopic (exact) mass is 487 g/mol. The van der Waals surface area contributed by atoms with Gasteiger partial charge in [0.15, 0.2) is 11.0 Å². The number of aromatic nitrogens is 3. The SMILES string of the molecule is Cc1ccc(-n2c(SCC(=O)N/N=C\C(Cl)=C\c3ccccc3)nnc2-c2ccccc2)cc1. The lowest BCUT2D eigenvalue weighted by Gasteiger charge is -2.10. The zero-order valence-corrected chi connectivity index (χ0v) is 20.0. The molecule has 0 spiro atoms. The molecule has 0 saturated carbocycles. The van der Waals surface area contributed by atoms with Crippen LogP contribution in [0.2, 0.25) is 0 Å². The number of carbonyl (C=O) groups excluding carboxylic acids is 1. The van der Waals surface area contributed by atoms with Crippen molar-refractivity contribution in [2.45, 2.75) is 12.1 Å². The van der Waals surface area contributed by atoms with E-state index in [9.17, 15) is 4.79 Å². The number of amides is 1. The molecule has 1 heterocycles. The van der Waals surface area contributed by atoms with Crippen LogP contribution in [0.5, 0.6) is 0 Å². The van der Waals surface area contributed by atoms with Crippen LogP contribution in [0, 0.1) is 6.92 Å². The number of rotatable bonds is 8. The summed E-state index contributed by atoms with van der Waals surface area (Å²) in [6.07, 6.45) is 3.17. The lowest BCUT2D eigenvalue weighted by Crippen LogP contribution is -2.19.